The Kier molecular flexibility index (Phi) is 3.50. The Morgan fingerprint density at radius 1 is 1.29 bits per heavy atom. The van der Waals surface area contributed by atoms with Crippen LogP contribution in [-0.2, 0) is 10.0 Å². The van der Waals surface area contributed by atoms with E-state index in [4.69, 9.17) is 0 Å². The Hall–Kier alpha value is -0.930. The Labute approximate surface area is 114 Å². The van der Waals surface area contributed by atoms with Gasteiger partial charge in [-0.15, -0.1) is 0 Å². The quantitative estimate of drug-likeness (QED) is 0.852. The SMILES string of the molecule is O=S(=O)(Nc1ncn[nH]1)c1ccc(Br)cc1Br. The van der Waals surface area contributed by atoms with E-state index in [1.807, 2.05) is 0 Å². The van der Waals surface area contributed by atoms with Crippen LogP contribution in [0.2, 0.25) is 0 Å². The molecule has 0 spiro atoms. The van der Waals surface area contributed by atoms with Crippen LogP contribution in [-0.4, -0.2) is 23.6 Å². The molecular weight excluding hydrogens is 376 g/mol. The predicted molar refractivity (Wildman–Crippen MR) is 69.0 cm³/mol. The molecule has 0 aliphatic carbocycles. The van der Waals surface area contributed by atoms with E-state index >= 15 is 0 Å². The number of nitrogens with one attached hydrogen (secondary N) is 2. The fraction of sp³-hybridized carbons (Fsp3) is 0. The Bertz CT molecular complexity index is 627. The number of aromatic nitrogens is 3. The van der Waals surface area contributed by atoms with Gasteiger partial charge in [0.1, 0.15) is 11.2 Å². The van der Waals surface area contributed by atoms with Gasteiger partial charge in [-0.2, -0.15) is 10.1 Å². The molecule has 2 N–H and O–H groups in total. The van der Waals surface area contributed by atoms with Crippen LogP contribution in [0, 0.1) is 0 Å². The molecule has 17 heavy (non-hydrogen) atoms. The number of benzene rings is 1. The zero-order valence-electron chi connectivity index (χ0n) is 8.18. The first-order valence-corrected chi connectivity index (χ1v) is 7.39. The van der Waals surface area contributed by atoms with Crippen molar-refractivity contribution in [2.24, 2.45) is 0 Å². The second kappa shape index (κ2) is 4.75. The maximum atomic E-state index is 12.0. The highest BCUT2D eigenvalue weighted by Gasteiger charge is 2.18. The van der Waals surface area contributed by atoms with E-state index in [2.05, 4.69) is 51.8 Å². The molecule has 0 saturated heterocycles. The molecule has 1 aromatic heterocycles. The standard InChI is InChI=1S/C8H6Br2N4O2S/c9-5-1-2-7(6(10)3-5)17(15,16)14-8-11-4-12-13-8/h1-4H,(H2,11,12,13,14). The van der Waals surface area contributed by atoms with Gasteiger partial charge in [-0.05, 0) is 34.1 Å². The Morgan fingerprint density at radius 3 is 2.65 bits per heavy atom. The summed E-state index contributed by atoms with van der Waals surface area (Å²) in [4.78, 5) is 3.81. The smallest absolute Gasteiger partial charge is 0.248 e. The highest BCUT2D eigenvalue weighted by atomic mass is 79.9. The van der Waals surface area contributed by atoms with E-state index in [1.165, 1.54) is 12.4 Å². The molecular formula is C8H6Br2N4O2S. The third-order valence-electron chi connectivity index (χ3n) is 1.83. The second-order valence-corrected chi connectivity index (χ2v) is 6.44. The molecule has 0 bridgehead atoms. The summed E-state index contributed by atoms with van der Waals surface area (Å²) in [5, 5.41) is 5.97. The lowest BCUT2D eigenvalue weighted by Gasteiger charge is -2.07. The fourth-order valence-corrected chi connectivity index (χ4v) is 3.84. The fourth-order valence-electron chi connectivity index (χ4n) is 1.13. The number of sulfonamides is 1. The number of anilines is 1. The minimum absolute atomic E-state index is 0.0693. The summed E-state index contributed by atoms with van der Waals surface area (Å²) in [7, 11) is -3.68. The van der Waals surface area contributed by atoms with Crippen molar-refractivity contribution in [3.8, 4) is 0 Å². The summed E-state index contributed by atoms with van der Waals surface area (Å²) in [6.45, 7) is 0. The number of hydrogen-bond donors (Lipinski definition) is 2. The van der Waals surface area contributed by atoms with Crippen LogP contribution < -0.4 is 4.72 Å². The van der Waals surface area contributed by atoms with Crippen molar-refractivity contribution in [2.75, 3.05) is 4.72 Å². The zero-order valence-corrected chi connectivity index (χ0v) is 12.2. The number of hydrogen-bond acceptors (Lipinski definition) is 4. The zero-order chi connectivity index (χ0) is 12.5. The lowest BCUT2D eigenvalue weighted by molar-refractivity contribution is 0.600. The molecule has 0 atom stereocenters. The first-order valence-electron chi connectivity index (χ1n) is 4.32. The molecule has 9 heteroatoms. The monoisotopic (exact) mass is 380 g/mol. The number of rotatable bonds is 3. The lowest BCUT2D eigenvalue weighted by atomic mass is 10.4. The van der Waals surface area contributed by atoms with E-state index in [0.29, 0.717) is 4.47 Å². The summed E-state index contributed by atoms with van der Waals surface area (Å²) in [6, 6.07) is 4.77. The molecule has 0 saturated carbocycles. The third-order valence-corrected chi connectivity index (χ3v) is 4.64. The summed E-state index contributed by atoms with van der Waals surface area (Å²) < 4.78 is 27.5. The molecule has 0 fully saturated rings. The van der Waals surface area contributed by atoms with Gasteiger partial charge in [-0.3, -0.25) is 0 Å². The highest BCUT2D eigenvalue weighted by Crippen LogP contribution is 2.26. The van der Waals surface area contributed by atoms with Gasteiger partial charge in [0.05, 0.1) is 0 Å². The number of H-pyrrole nitrogens is 1. The summed E-state index contributed by atoms with van der Waals surface area (Å²) >= 11 is 6.44. The van der Waals surface area contributed by atoms with Crippen molar-refractivity contribution in [1.82, 2.24) is 15.2 Å². The van der Waals surface area contributed by atoms with Gasteiger partial charge in [-0.25, -0.2) is 18.2 Å². The molecule has 0 aliphatic rings. The number of aromatic amines is 1. The van der Waals surface area contributed by atoms with Gasteiger partial charge in [0.2, 0.25) is 5.95 Å². The van der Waals surface area contributed by atoms with Crippen LogP contribution in [0.25, 0.3) is 0 Å². The van der Waals surface area contributed by atoms with Crippen molar-refractivity contribution in [3.05, 3.63) is 33.5 Å². The second-order valence-electron chi connectivity index (χ2n) is 3.01. The van der Waals surface area contributed by atoms with Crippen LogP contribution in [0.5, 0.6) is 0 Å². The van der Waals surface area contributed by atoms with Crippen molar-refractivity contribution >= 4 is 47.8 Å². The maximum absolute atomic E-state index is 12.0. The van der Waals surface area contributed by atoms with Gasteiger partial charge >= 0.3 is 0 Å². The Morgan fingerprint density at radius 2 is 2.06 bits per heavy atom. The summed E-state index contributed by atoms with van der Waals surface area (Å²) in [6.07, 6.45) is 1.22. The van der Waals surface area contributed by atoms with Crippen molar-refractivity contribution in [3.63, 3.8) is 0 Å². The van der Waals surface area contributed by atoms with E-state index in [-0.39, 0.29) is 10.8 Å². The summed E-state index contributed by atoms with van der Waals surface area (Å²) in [5.74, 6) is 0.0693. The van der Waals surface area contributed by atoms with E-state index in [0.717, 1.165) is 4.47 Å². The molecule has 2 rings (SSSR count). The number of nitrogens with zero attached hydrogens (tertiary/aromatic N) is 2. The van der Waals surface area contributed by atoms with E-state index in [9.17, 15) is 8.42 Å². The van der Waals surface area contributed by atoms with Crippen LogP contribution in [0.4, 0.5) is 5.95 Å². The normalized spacial score (nSPS) is 11.4. The third kappa shape index (κ3) is 2.85. The van der Waals surface area contributed by atoms with Crippen LogP contribution in [0.3, 0.4) is 0 Å². The molecule has 2 aromatic rings. The average molecular weight is 382 g/mol. The summed E-state index contributed by atoms with van der Waals surface area (Å²) in [5.41, 5.74) is 0. The molecule has 90 valence electrons. The Balaban J connectivity index is 2.38. The average Bonchev–Trinajstić information content (AvgIpc) is 2.68. The topological polar surface area (TPSA) is 87.7 Å². The minimum atomic E-state index is -3.68. The molecule has 0 aliphatic heterocycles. The van der Waals surface area contributed by atoms with Gasteiger partial charge in [0.15, 0.2) is 0 Å². The van der Waals surface area contributed by atoms with Gasteiger partial charge < -0.3 is 0 Å². The molecule has 6 nitrogen and oxygen atoms in total. The molecule has 1 aromatic carbocycles. The van der Waals surface area contributed by atoms with Crippen LogP contribution >= 0.6 is 31.9 Å². The van der Waals surface area contributed by atoms with Crippen molar-refractivity contribution in [2.45, 2.75) is 4.90 Å². The first kappa shape index (κ1) is 12.5. The van der Waals surface area contributed by atoms with Crippen molar-refractivity contribution < 1.29 is 8.42 Å². The van der Waals surface area contributed by atoms with Gasteiger partial charge in [-0.1, -0.05) is 15.9 Å². The molecule has 0 radical (unpaired) electrons. The van der Waals surface area contributed by atoms with E-state index in [1.54, 1.807) is 12.1 Å². The van der Waals surface area contributed by atoms with Crippen LogP contribution in [0.15, 0.2) is 38.4 Å². The van der Waals surface area contributed by atoms with Crippen molar-refractivity contribution in [1.29, 1.82) is 0 Å². The van der Waals surface area contributed by atoms with E-state index < -0.39 is 10.0 Å². The van der Waals surface area contributed by atoms with Gasteiger partial charge in [0, 0.05) is 8.95 Å². The number of halogens is 2. The predicted octanol–water partition coefficient (Wildman–Crippen LogP) is 2.13. The lowest BCUT2D eigenvalue weighted by Crippen LogP contribution is -2.14. The highest BCUT2D eigenvalue weighted by molar-refractivity contribution is 9.11. The molecule has 0 amide bonds. The van der Waals surface area contributed by atoms with Gasteiger partial charge in [0.25, 0.3) is 10.0 Å². The molecule has 0 unspecified atom stereocenters. The van der Waals surface area contributed by atoms with Crippen LogP contribution in [0.1, 0.15) is 0 Å². The minimum Gasteiger partial charge on any atom is -0.248 e. The largest absolute Gasteiger partial charge is 0.265 e. The maximum Gasteiger partial charge on any atom is 0.265 e. The molecule has 1 heterocycles. The first-order chi connectivity index (χ1) is 7.99.